The fourth-order valence-corrected chi connectivity index (χ4v) is 4.82. The summed E-state index contributed by atoms with van der Waals surface area (Å²) in [5.74, 6) is 0.919. The summed E-state index contributed by atoms with van der Waals surface area (Å²) < 4.78 is 0. The molecule has 0 heterocycles. The lowest BCUT2D eigenvalue weighted by Gasteiger charge is -2.31. The molecule has 0 aliphatic heterocycles. The molecule has 0 aliphatic carbocycles. The number of benzene rings is 2. The van der Waals surface area contributed by atoms with Gasteiger partial charge in [0.2, 0.25) is 0 Å². The molecule has 2 unspecified atom stereocenters. The summed E-state index contributed by atoms with van der Waals surface area (Å²) in [6, 6.07) is 16.1. The smallest absolute Gasteiger partial charge is 0.00753 e. The summed E-state index contributed by atoms with van der Waals surface area (Å²) in [7, 11) is 0. The van der Waals surface area contributed by atoms with Crippen molar-refractivity contribution in [3.63, 3.8) is 0 Å². The van der Waals surface area contributed by atoms with E-state index < -0.39 is 0 Å². The van der Waals surface area contributed by atoms with Gasteiger partial charge in [0.15, 0.2) is 0 Å². The molecule has 2 aromatic carbocycles. The van der Waals surface area contributed by atoms with Crippen LogP contribution in [0.5, 0.6) is 0 Å². The molecule has 0 saturated carbocycles. The van der Waals surface area contributed by atoms with Gasteiger partial charge in [0, 0.05) is 0 Å². The number of aryl methyl sites for hydroxylation is 1. The van der Waals surface area contributed by atoms with E-state index in [2.05, 4.69) is 84.0 Å². The van der Waals surface area contributed by atoms with Crippen molar-refractivity contribution in [1.29, 1.82) is 0 Å². The summed E-state index contributed by atoms with van der Waals surface area (Å²) in [5.41, 5.74) is 7.31. The van der Waals surface area contributed by atoms with Crippen LogP contribution in [0.4, 0.5) is 0 Å². The van der Waals surface area contributed by atoms with E-state index >= 15 is 0 Å². The fourth-order valence-electron chi connectivity index (χ4n) is 4.82. The van der Waals surface area contributed by atoms with Gasteiger partial charge in [-0.3, -0.25) is 0 Å². The maximum absolute atomic E-state index is 2.49. The maximum Gasteiger partial charge on any atom is -0.00753 e. The molecule has 0 nitrogen and oxygen atoms in total. The first-order valence-electron chi connectivity index (χ1n) is 11.6. The first-order chi connectivity index (χ1) is 13.4. The van der Waals surface area contributed by atoms with Crippen LogP contribution >= 0.6 is 0 Å². The first-order valence-corrected chi connectivity index (χ1v) is 11.6. The lowest BCUT2D eigenvalue weighted by atomic mass is 9.74. The third kappa shape index (κ3) is 5.72. The van der Waals surface area contributed by atoms with Crippen molar-refractivity contribution < 1.29 is 0 Å². The Morgan fingerprint density at radius 2 is 1.54 bits per heavy atom. The minimum Gasteiger partial charge on any atom is -0.0654 e. The standard InChI is InChI=1S/C28H42/c1-7-12-24(9-3)14-11-21-28(6,20-8-2)26-18-16-25(17-19-26)27-15-10-13-22(4)23(27)5/h10,13,15-19,24H,7-9,11-12,14,20-21H2,1-6H3. The summed E-state index contributed by atoms with van der Waals surface area (Å²) in [4.78, 5) is 0. The van der Waals surface area contributed by atoms with Gasteiger partial charge in [-0.25, -0.2) is 0 Å². The van der Waals surface area contributed by atoms with E-state index in [0.717, 1.165) is 5.92 Å². The van der Waals surface area contributed by atoms with Crippen molar-refractivity contribution in [3.8, 4) is 11.1 Å². The molecule has 0 aromatic heterocycles. The zero-order valence-corrected chi connectivity index (χ0v) is 19.3. The Labute approximate surface area is 174 Å². The van der Waals surface area contributed by atoms with Gasteiger partial charge < -0.3 is 0 Å². The highest BCUT2D eigenvalue weighted by molar-refractivity contribution is 5.68. The van der Waals surface area contributed by atoms with Gasteiger partial charge in [0.25, 0.3) is 0 Å². The second kappa shape index (κ2) is 10.8. The van der Waals surface area contributed by atoms with Crippen molar-refractivity contribution in [2.24, 2.45) is 5.92 Å². The Bertz CT molecular complexity index is 709. The molecular weight excluding hydrogens is 336 g/mol. The van der Waals surface area contributed by atoms with Gasteiger partial charge >= 0.3 is 0 Å². The Balaban J connectivity index is 2.15. The highest BCUT2D eigenvalue weighted by Crippen LogP contribution is 2.37. The highest BCUT2D eigenvalue weighted by atomic mass is 14.3. The topological polar surface area (TPSA) is 0 Å². The fraction of sp³-hybridized carbons (Fsp3) is 0.571. The molecule has 0 aliphatic rings. The van der Waals surface area contributed by atoms with Crippen molar-refractivity contribution in [1.82, 2.24) is 0 Å². The third-order valence-corrected chi connectivity index (χ3v) is 6.91. The van der Waals surface area contributed by atoms with Crippen LogP contribution in [-0.4, -0.2) is 0 Å². The summed E-state index contributed by atoms with van der Waals surface area (Å²) in [5, 5.41) is 0. The van der Waals surface area contributed by atoms with Gasteiger partial charge in [-0.05, 0) is 65.8 Å². The number of hydrogen-bond donors (Lipinski definition) is 0. The lowest BCUT2D eigenvalue weighted by molar-refractivity contribution is 0.342. The molecule has 0 fully saturated rings. The molecule has 0 radical (unpaired) electrons. The van der Waals surface area contributed by atoms with Gasteiger partial charge in [-0.15, -0.1) is 0 Å². The van der Waals surface area contributed by atoms with Crippen molar-refractivity contribution in [3.05, 3.63) is 59.2 Å². The minimum atomic E-state index is 0.305. The summed E-state index contributed by atoms with van der Waals surface area (Å²) in [6.07, 6.45) is 10.6. The van der Waals surface area contributed by atoms with Crippen LogP contribution in [-0.2, 0) is 5.41 Å². The summed E-state index contributed by atoms with van der Waals surface area (Å²) in [6.45, 7) is 13.9. The van der Waals surface area contributed by atoms with Crippen molar-refractivity contribution in [2.75, 3.05) is 0 Å². The molecule has 154 valence electrons. The van der Waals surface area contributed by atoms with Crippen LogP contribution in [0, 0.1) is 19.8 Å². The molecule has 2 atom stereocenters. The molecule has 0 heteroatoms. The predicted octanol–water partition coefficient (Wildman–Crippen LogP) is 9.02. The second-order valence-electron chi connectivity index (χ2n) is 9.09. The van der Waals surface area contributed by atoms with Crippen LogP contribution in [0.25, 0.3) is 11.1 Å². The predicted molar refractivity (Wildman–Crippen MR) is 126 cm³/mol. The van der Waals surface area contributed by atoms with E-state index in [9.17, 15) is 0 Å². The largest absolute Gasteiger partial charge is 0.0654 e. The normalized spacial score (nSPS) is 14.6. The monoisotopic (exact) mass is 378 g/mol. The van der Waals surface area contributed by atoms with E-state index in [1.807, 2.05) is 0 Å². The SMILES string of the molecule is CCCC(CC)CCCC(C)(CCC)c1ccc(-c2cccc(C)c2C)cc1. The van der Waals surface area contributed by atoms with E-state index in [-0.39, 0.29) is 0 Å². The molecule has 28 heavy (non-hydrogen) atoms. The van der Waals surface area contributed by atoms with Crippen LogP contribution < -0.4 is 0 Å². The third-order valence-electron chi connectivity index (χ3n) is 6.91. The summed E-state index contributed by atoms with van der Waals surface area (Å²) >= 11 is 0. The van der Waals surface area contributed by atoms with Crippen LogP contribution in [0.1, 0.15) is 95.8 Å². The molecule has 0 bridgehead atoms. The van der Waals surface area contributed by atoms with E-state index in [1.54, 1.807) is 0 Å². The molecule has 0 spiro atoms. The molecule has 0 N–H and O–H groups in total. The van der Waals surface area contributed by atoms with Gasteiger partial charge in [-0.1, -0.05) is 109 Å². The number of hydrogen-bond acceptors (Lipinski definition) is 0. The van der Waals surface area contributed by atoms with Crippen LogP contribution in [0.2, 0.25) is 0 Å². The van der Waals surface area contributed by atoms with Gasteiger partial charge in [0.1, 0.15) is 0 Å². The minimum absolute atomic E-state index is 0.305. The lowest BCUT2D eigenvalue weighted by Crippen LogP contribution is -2.22. The zero-order valence-electron chi connectivity index (χ0n) is 19.3. The average Bonchev–Trinajstić information content (AvgIpc) is 2.70. The van der Waals surface area contributed by atoms with E-state index in [1.165, 1.54) is 79.2 Å². The Morgan fingerprint density at radius 3 is 2.14 bits per heavy atom. The average molecular weight is 379 g/mol. The highest BCUT2D eigenvalue weighted by Gasteiger charge is 2.25. The van der Waals surface area contributed by atoms with Crippen molar-refractivity contribution in [2.45, 2.75) is 98.3 Å². The molecule has 0 saturated heterocycles. The second-order valence-corrected chi connectivity index (χ2v) is 9.09. The number of rotatable bonds is 11. The molecule has 2 rings (SSSR count). The van der Waals surface area contributed by atoms with Crippen molar-refractivity contribution >= 4 is 0 Å². The first kappa shape index (κ1) is 22.7. The van der Waals surface area contributed by atoms with Gasteiger partial charge in [-0.2, -0.15) is 0 Å². The Kier molecular flexibility index (Phi) is 8.80. The van der Waals surface area contributed by atoms with Crippen LogP contribution in [0.15, 0.2) is 42.5 Å². The Morgan fingerprint density at radius 1 is 0.821 bits per heavy atom. The van der Waals surface area contributed by atoms with E-state index in [0.29, 0.717) is 5.41 Å². The molecular formula is C28H42. The zero-order chi connectivity index (χ0) is 20.6. The molecule has 2 aromatic rings. The van der Waals surface area contributed by atoms with Crippen LogP contribution in [0.3, 0.4) is 0 Å². The Hall–Kier alpha value is -1.56. The van der Waals surface area contributed by atoms with Gasteiger partial charge in [0.05, 0.1) is 0 Å². The quantitative estimate of drug-likeness (QED) is 0.366. The molecule has 0 amide bonds. The maximum atomic E-state index is 2.49. The van der Waals surface area contributed by atoms with E-state index in [4.69, 9.17) is 0 Å².